The third-order valence-corrected chi connectivity index (χ3v) is 3.78. The molecule has 116 valence electrons. The zero-order chi connectivity index (χ0) is 16.2. The van der Waals surface area contributed by atoms with Crippen molar-refractivity contribution in [2.45, 2.75) is 13.8 Å². The van der Waals surface area contributed by atoms with Gasteiger partial charge in [0.15, 0.2) is 6.61 Å². The van der Waals surface area contributed by atoms with Crippen LogP contribution >= 0.6 is 0 Å². The summed E-state index contributed by atoms with van der Waals surface area (Å²) in [6, 6.07) is 19.8. The summed E-state index contributed by atoms with van der Waals surface area (Å²) in [5.41, 5.74) is 2.98. The summed E-state index contributed by atoms with van der Waals surface area (Å²) in [6.07, 6.45) is 0. The van der Waals surface area contributed by atoms with Crippen molar-refractivity contribution in [3.8, 4) is 5.75 Å². The standard InChI is InChI=1S/C20H19NO2/c1-14-10-11-15(2)18(12-14)21-20(22)13-23-19-9-5-7-16-6-3-4-8-17(16)19/h3-12H,13H2,1-2H3,(H,21,22). The second-order valence-electron chi connectivity index (χ2n) is 5.63. The molecule has 0 saturated heterocycles. The van der Waals surface area contributed by atoms with Crippen LogP contribution in [-0.4, -0.2) is 12.5 Å². The number of ether oxygens (including phenoxy) is 1. The molecule has 0 unspecified atom stereocenters. The largest absolute Gasteiger partial charge is 0.483 e. The molecule has 0 spiro atoms. The van der Waals surface area contributed by atoms with Crippen LogP contribution in [-0.2, 0) is 4.79 Å². The van der Waals surface area contributed by atoms with Gasteiger partial charge in [0.2, 0.25) is 0 Å². The first-order valence-electron chi connectivity index (χ1n) is 7.61. The highest BCUT2D eigenvalue weighted by Gasteiger charge is 2.08. The van der Waals surface area contributed by atoms with E-state index in [1.54, 1.807) is 0 Å². The highest BCUT2D eigenvalue weighted by atomic mass is 16.5. The van der Waals surface area contributed by atoms with Crippen LogP contribution in [0.4, 0.5) is 5.69 Å². The fourth-order valence-electron chi connectivity index (χ4n) is 2.52. The normalized spacial score (nSPS) is 10.5. The van der Waals surface area contributed by atoms with E-state index in [0.717, 1.165) is 33.3 Å². The molecule has 0 radical (unpaired) electrons. The molecular formula is C20H19NO2. The molecular weight excluding hydrogens is 286 g/mol. The molecule has 0 fully saturated rings. The Morgan fingerprint density at radius 3 is 2.65 bits per heavy atom. The lowest BCUT2D eigenvalue weighted by atomic mass is 10.1. The number of hydrogen-bond donors (Lipinski definition) is 1. The molecule has 0 aliphatic heterocycles. The van der Waals surface area contributed by atoms with Gasteiger partial charge in [0.05, 0.1) is 0 Å². The van der Waals surface area contributed by atoms with Crippen LogP contribution in [0.25, 0.3) is 10.8 Å². The Bertz CT molecular complexity index is 850. The van der Waals surface area contributed by atoms with Gasteiger partial charge >= 0.3 is 0 Å². The quantitative estimate of drug-likeness (QED) is 0.772. The Balaban J connectivity index is 1.70. The van der Waals surface area contributed by atoms with Crippen molar-refractivity contribution in [3.63, 3.8) is 0 Å². The molecule has 3 aromatic carbocycles. The van der Waals surface area contributed by atoms with E-state index in [9.17, 15) is 4.79 Å². The molecule has 3 heteroatoms. The van der Waals surface area contributed by atoms with Gasteiger partial charge in [-0.15, -0.1) is 0 Å². The first-order valence-corrected chi connectivity index (χ1v) is 7.61. The maximum Gasteiger partial charge on any atom is 0.262 e. The molecule has 3 rings (SSSR count). The van der Waals surface area contributed by atoms with E-state index in [0.29, 0.717) is 0 Å². The first kappa shape index (κ1) is 15.1. The SMILES string of the molecule is Cc1ccc(C)c(NC(=O)COc2cccc3ccccc23)c1. The predicted molar refractivity (Wildman–Crippen MR) is 94.0 cm³/mol. The Labute approximate surface area is 135 Å². The molecule has 0 aromatic heterocycles. The number of anilines is 1. The summed E-state index contributed by atoms with van der Waals surface area (Å²) in [5.74, 6) is 0.561. The van der Waals surface area contributed by atoms with Crippen molar-refractivity contribution in [1.82, 2.24) is 0 Å². The first-order chi connectivity index (χ1) is 11.1. The molecule has 0 atom stereocenters. The summed E-state index contributed by atoms with van der Waals surface area (Å²) in [7, 11) is 0. The zero-order valence-electron chi connectivity index (χ0n) is 13.3. The lowest BCUT2D eigenvalue weighted by molar-refractivity contribution is -0.118. The lowest BCUT2D eigenvalue weighted by Crippen LogP contribution is -2.20. The fraction of sp³-hybridized carbons (Fsp3) is 0.150. The molecule has 23 heavy (non-hydrogen) atoms. The van der Waals surface area contributed by atoms with Gasteiger partial charge in [-0.2, -0.15) is 0 Å². The fourth-order valence-corrected chi connectivity index (χ4v) is 2.52. The van der Waals surface area contributed by atoms with Crippen molar-refractivity contribution >= 4 is 22.4 Å². The van der Waals surface area contributed by atoms with E-state index in [-0.39, 0.29) is 12.5 Å². The van der Waals surface area contributed by atoms with Gasteiger partial charge in [0.1, 0.15) is 5.75 Å². The number of rotatable bonds is 4. The van der Waals surface area contributed by atoms with Gasteiger partial charge in [-0.1, -0.05) is 48.5 Å². The number of aryl methyl sites for hydroxylation is 2. The van der Waals surface area contributed by atoms with Crippen LogP contribution in [0.1, 0.15) is 11.1 Å². The van der Waals surface area contributed by atoms with E-state index in [1.807, 2.05) is 74.5 Å². The Kier molecular flexibility index (Phi) is 4.29. The van der Waals surface area contributed by atoms with Crippen molar-refractivity contribution in [3.05, 3.63) is 71.8 Å². The van der Waals surface area contributed by atoms with E-state index < -0.39 is 0 Å². The van der Waals surface area contributed by atoms with Gasteiger partial charge < -0.3 is 10.1 Å². The van der Waals surface area contributed by atoms with E-state index in [4.69, 9.17) is 4.74 Å². The van der Waals surface area contributed by atoms with Crippen molar-refractivity contribution < 1.29 is 9.53 Å². The van der Waals surface area contributed by atoms with E-state index in [2.05, 4.69) is 5.32 Å². The maximum atomic E-state index is 12.1. The number of carbonyl (C=O) groups is 1. The van der Waals surface area contributed by atoms with Gasteiger partial charge in [0.25, 0.3) is 5.91 Å². The maximum absolute atomic E-state index is 12.1. The lowest BCUT2D eigenvalue weighted by Gasteiger charge is -2.11. The third-order valence-electron chi connectivity index (χ3n) is 3.78. The summed E-state index contributed by atoms with van der Waals surface area (Å²) < 4.78 is 5.71. The van der Waals surface area contributed by atoms with E-state index in [1.165, 1.54) is 0 Å². The number of fused-ring (bicyclic) bond motifs is 1. The topological polar surface area (TPSA) is 38.3 Å². The number of carbonyl (C=O) groups excluding carboxylic acids is 1. The van der Waals surface area contributed by atoms with Crippen molar-refractivity contribution in [2.75, 3.05) is 11.9 Å². The van der Waals surface area contributed by atoms with Crippen LogP contribution in [0, 0.1) is 13.8 Å². The van der Waals surface area contributed by atoms with E-state index >= 15 is 0 Å². The van der Waals surface area contributed by atoms with Crippen LogP contribution in [0.2, 0.25) is 0 Å². The van der Waals surface area contributed by atoms with Gasteiger partial charge in [-0.3, -0.25) is 4.79 Å². The van der Waals surface area contributed by atoms with Crippen LogP contribution < -0.4 is 10.1 Å². The smallest absolute Gasteiger partial charge is 0.262 e. The Morgan fingerprint density at radius 2 is 1.78 bits per heavy atom. The summed E-state index contributed by atoms with van der Waals surface area (Å²) >= 11 is 0. The van der Waals surface area contributed by atoms with Crippen molar-refractivity contribution in [2.24, 2.45) is 0 Å². The molecule has 0 aliphatic rings. The number of benzene rings is 3. The molecule has 3 nitrogen and oxygen atoms in total. The number of amides is 1. The zero-order valence-corrected chi connectivity index (χ0v) is 13.3. The predicted octanol–water partition coefficient (Wildman–Crippen LogP) is 4.47. The molecule has 0 saturated carbocycles. The molecule has 1 N–H and O–H groups in total. The summed E-state index contributed by atoms with van der Waals surface area (Å²) in [5, 5.41) is 5.01. The average molecular weight is 305 g/mol. The van der Waals surface area contributed by atoms with Gasteiger partial charge in [-0.05, 0) is 42.5 Å². The molecule has 0 aliphatic carbocycles. The monoisotopic (exact) mass is 305 g/mol. The van der Waals surface area contributed by atoms with Crippen LogP contribution in [0.15, 0.2) is 60.7 Å². The highest BCUT2D eigenvalue weighted by Crippen LogP contribution is 2.25. The minimum atomic E-state index is -0.161. The number of hydrogen-bond acceptors (Lipinski definition) is 2. The van der Waals surface area contributed by atoms with Crippen LogP contribution in [0.3, 0.4) is 0 Å². The third kappa shape index (κ3) is 3.51. The van der Waals surface area contributed by atoms with Gasteiger partial charge in [-0.25, -0.2) is 0 Å². The van der Waals surface area contributed by atoms with Gasteiger partial charge in [0, 0.05) is 11.1 Å². The average Bonchev–Trinajstić information content (AvgIpc) is 2.56. The molecule has 3 aromatic rings. The van der Waals surface area contributed by atoms with Crippen molar-refractivity contribution in [1.29, 1.82) is 0 Å². The molecule has 0 bridgehead atoms. The molecule has 0 heterocycles. The minimum absolute atomic E-state index is 0.0125. The second-order valence-corrected chi connectivity index (χ2v) is 5.63. The molecule has 1 amide bonds. The minimum Gasteiger partial charge on any atom is -0.483 e. The summed E-state index contributed by atoms with van der Waals surface area (Å²) in [4.78, 5) is 12.1. The highest BCUT2D eigenvalue weighted by molar-refractivity contribution is 5.93. The second kappa shape index (κ2) is 6.53. The Hall–Kier alpha value is -2.81. The summed E-state index contributed by atoms with van der Waals surface area (Å²) in [6.45, 7) is 3.96. The number of nitrogens with one attached hydrogen (secondary N) is 1. The Morgan fingerprint density at radius 1 is 1.00 bits per heavy atom. The van der Waals surface area contributed by atoms with Crippen LogP contribution in [0.5, 0.6) is 5.75 Å².